The van der Waals surface area contributed by atoms with Crippen LogP contribution in [0.5, 0.6) is 5.75 Å². The van der Waals surface area contributed by atoms with Gasteiger partial charge in [0.05, 0.1) is 7.11 Å². The van der Waals surface area contributed by atoms with Crippen molar-refractivity contribution in [3.63, 3.8) is 0 Å². The van der Waals surface area contributed by atoms with Crippen molar-refractivity contribution >= 4 is 17.5 Å². The lowest BCUT2D eigenvalue weighted by Crippen LogP contribution is -2.29. The fourth-order valence-corrected chi connectivity index (χ4v) is 1.78. The average Bonchev–Trinajstić information content (AvgIpc) is 2.54. The standard InChI is InChI=1S/C10H15N5O2/c1-17-8-9(11)13-6-14-10(8)15-4-2-7(16)12-3-5-15/h6H,2-5H2,1H3,(H,12,16)(H2,11,13,14). The molecule has 1 fully saturated rings. The Morgan fingerprint density at radius 3 is 3.06 bits per heavy atom. The van der Waals surface area contributed by atoms with Gasteiger partial charge < -0.3 is 20.7 Å². The Hall–Kier alpha value is -2.05. The molecule has 2 heterocycles. The fraction of sp³-hybridized carbons (Fsp3) is 0.500. The molecule has 0 spiro atoms. The van der Waals surface area contributed by atoms with E-state index in [0.717, 1.165) is 0 Å². The smallest absolute Gasteiger partial charge is 0.221 e. The van der Waals surface area contributed by atoms with E-state index >= 15 is 0 Å². The zero-order valence-corrected chi connectivity index (χ0v) is 9.64. The summed E-state index contributed by atoms with van der Waals surface area (Å²) in [6.45, 7) is 1.86. The SMILES string of the molecule is COc1c(N)ncnc1N1CCNC(=O)CC1. The van der Waals surface area contributed by atoms with Crippen molar-refractivity contribution in [3.8, 4) is 5.75 Å². The normalized spacial score (nSPS) is 16.3. The zero-order chi connectivity index (χ0) is 12.3. The van der Waals surface area contributed by atoms with Crippen LogP contribution in [0, 0.1) is 0 Å². The molecule has 0 atom stereocenters. The van der Waals surface area contributed by atoms with Gasteiger partial charge in [-0.2, -0.15) is 0 Å². The minimum absolute atomic E-state index is 0.0495. The summed E-state index contributed by atoms with van der Waals surface area (Å²) in [5, 5.41) is 2.80. The van der Waals surface area contributed by atoms with Crippen LogP contribution in [0.15, 0.2) is 6.33 Å². The quantitative estimate of drug-likeness (QED) is 0.713. The van der Waals surface area contributed by atoms with E-state index < -0.39 is 0 Å². The molecule has 0 unspecified atom stereocenters. The van der Waals surface area contributed by atoms with E-state index in [4.69, 9.17) is 10.5 Å². The Balaban J connectivity index is 2.26. The number of nitrogens with two attached hydrogens (primary N) is 1. The highest BCUT2D eigenvalue weighted by molar-refractivity contribution is 5.77. The van der Waals surface area contributed by atoms with Crippen LogP contribution in [0.3, 0.4) is 0 Å². The number of ether oxygens (including phenoxy) is 1. The van der Waals surface area contributed by atoms with Crippen molar-refractivity contribution in [1.82, 2.24) is 15.3 Å². The Bertz CT molecular complexity index is 423. The second-order valence-corrected chi connectivity index (χ2v) is 3.70. The summed E-state index contributed by atoms with van der Waals surface area (Å²) in [7, 11) is 1.53. The molecule has 3 N–H and O–H groups in total. The number of methoxy groups -OCH3 is 1. The van der Waals surface area contributed by atoms with Crippen molar-refractivity contribution in [2.75, 3.05) is 37.4 Å². The molecule has 1 aliphatic heterocycles. The van der Waals surface area contributed by atoms with E-state index in [1.54, 1.807) is 0 Å². The molecule has 7 heteroatoms. The molecule has 1 amide bonds. The molecule has 1 aliphatic rings. The van der Waals surface area contributed by atoms with Gasteiger partial charge in [0.2, 0.25) is 11.7 Å². The van der Waals surface area contributed by atoms with Crippen molar-refractivity contribution in [1.29, 1.82) is 0 Å². The molecule has 0 radical (unpaired) electrons. The first-order chi connectivity index (χ1) is 8.22. The fourth-order valence-electron chi connectivity index (χ4n) is 1.78. The lowest BCUT2D eigenvalue weighted by molar-refractivity contribution is -0.120. The van der Waals surface area contributed by atoms with Gasteiger partial charge in [-0.25, -0.2) is 9.97 Å². The lowest BCUT2D eigenvalue weighted by Gasteiger charge is -2.22. The van der Waals surface area contributed by atoms with Crippen molar-refractivity contribution < 1.29 is 9.53 Å². The van der Waals surface area contributed by atoms with Crippen LogP contribution in [0.4, 0.5) is 11.6 Å². The molecule has 1 saturated heterocycles. The molecular formula is C10H15N5O2. The minimum Gasteiger partial charge on any atom is -0.490 e. The van der Waals surface area contributed by atoms with E-state index in [0.29, 0.717) is 43.4 Å². The summed E-state index contributed by atoms with van der Waals surface area (Å²) < 4.78 is 5.20. The second-order valence-electron chi connectivity index (χ2n) is 3.70. The van der Waals surface area contributed by atoms with Gasteiger partial charge in [-0.3, -0.25) is 4.79 Å². The van der Waals surface area contributed by atoms with Crippen LogP contribution >= 0.6 is 0 Å². The molecular weight excluding hydrogens is 222 g/mol. The molecule has 0 aromatic carbocycles. The number of carbonyl (C=O) groups excluding carboxylic acids is 1. The third kappa shape index (κ3) is 2.38. The Morgan fingerprint density at radius 1 is 1.47 bits per heavy atom. The summed E-state index contributed by atoms with van der Waals surface area (Å²) in [5.74, 6) is 1.45. The topological polar surface area (TPSA) is 93.4 Å². The number of rotatable bonds is 2. The zero-order valence-electron chi connectivity index (χ0n) is 9.64. The molecule has 0 bridgehead atoms. The Labute approximate surface area is 99.0 Å². The van der Waals surface area contributed by atoms with Gasteiger partial charge in [0.1, 0.15) is 6.33 Å². The van der Waals surface area contributed by atoms with Gasteiger partial charge >= 0.3 is 0 Å². The van der Waals surface area contributed by atoms with E-state index in [1.165, 1.54) is 13.4 Å². The Kier molecular flexibility index (Phi) is 3.27. The van der Waals surface area contributed by atoms with E-state index in [-0.39, 0.29) is 5.91 Å². The third-order valence-corrected chi connectivity index (χ3v) is 2.63. The highest BCUT2D eigenvalue weighted by Gasteiger charge is 2.19. The van der Waals surface area contributed by atoms with Gasteiger partial charge in [-0.1, -0.05) is 0 Å². The molecule has 0 saturated carbocycles. The summed E-state index contributed by atoms with van der Waals surface area (Å²) in [4.78, 5) is 21.3. The van der Waals surface area contributed by atoms with Crippen LogP contribution in [-0.4, -0.2) is 42.6 Å². The predicted octanol–water partition coefficient (Wildman–Crippen LogP) is -0.606. The van der Waals surface area contributed by atoms with E-state index in [9.17, 15) is 4.79 Å². The molecule has 1 aromatic rings. The van der Waals surface area contributed by atoms with Crippen molar-refractivity contribution in [3.05, 3.63) is 6.33 Å². The number of hydrogen-bond donors (Lipinski definition) is 2. The maximum atomic E-state index is 11.3. The molecule has 1 aromatic heterocycles. The first-order valence-electron chi connectivity index (χ1n) is 5.38. The first kappa shape index (κ1) is 11.4. The number of nitrogens with one attached hydrogen (secondary N) is 1. The number of carbonyl (C=O) groups is 1. The highest BCUT2D eigenvalue weighted by atomic mass is 16.5. The highest BCUT2D eigenvalue weighted by Crippen LogP contribution is 2.29. The third-order valence-electron chi connectivity index (χ3n) is 2.63. The van der Waals surface area contributed by atoms with Gasteiger partial charge in [-0.15, -0.1) is 0 Å². The lowest BCUT2D eigenvalue weighted by atomic mass is 10.3. The van der Waals surface area contributed by atoms with Crippen LogP contribution in [0.2, 0.25) is 0 Å². The summed E-state index contributed by atoms with van der Waals surface area (Å²) >= 11 is 0. The predicted molar refractivity (Wildman–Crippen MR) is 62.8 cm³/mol. The van der Waals surface area contributed by atoms with Gasteiger partial charge in [-0.05, 0) is 0 Å². The summed E-state index contributed by atoms with van der Waals surface area (Å²) in [6.07, 6.45) is 1.83. The van der Waals surface area contributed by atoms with Crippen LogP contribution in [0.1, 0.15) is 6.42 Å². The number of anilines is 2. The number of nitrogens with zero attached hydrogens (tertiary/aromatic N) is 3. The van der Waals surface area contributed by atoms with E-state index in [1.807, 2.05) is 4.90 Å². The number of hydrogen-bond acceptors (Lipinski definition) is 6. The molecule has 92 valence electrons. The van der Waals surface area contributed by atoms with Gasteiger partial charge in [0, 0.05) is 26.1 Å². The number of aromatic nitrogens is 2. The largest absolute Gasteiger partial charge is 0.490 e. The van der Waals surface area contributed by atoms with Crippen LogP contribution in [-0.2, 0) is 4.79 Å². The van der Waals surface area contributed by atoms with Crippen LogP contribution < -0.4 is 20.7 Å². The maximum absolute atomic E-state index is 11.3. The summed E-state index contributed by atoms with van der Waals surface area (Å²) in [5.41, 5.74) is 5.72. The number of amides is 1. The Morgan fingerprint density at radius 2 is 2.29 bits per heavy atom. The number of nitrogen functional groups attached to an aromatic ring is 1. The van der Waals surface area contributed by atoms with Crippen LogP contribution in [0.25, 0.3) is 0 Å². The first-order valence-corrected chi connectivity index (χ1v) is 5.38. The van der Waals surface area contributed by atoms with Gasteiger partial charge in [0.15, 0.2) is 11.6 Å². The minimum atomic E-state index is 0.0495. The average molecular weight is 237 g/mol. The van der Waals surface area contributed by atoms with Crippen molar-refractivity contribution in [2.24, 2.45) is 0 Å². The molecule has 0 aliphatic carbocycles. The van der Waals surface area contributed by atoms with Gasteiger partial charge in [0.25, 0.3) is 0 Å². The van der Waals surface area contributed by atoms with Crippen molar-refractivity contribution in [2.45, 2.75) is 6.42 Å². The second kappa shape index (κ2) is 4.86. The molecule has 7 nitrogen and oxygen atoms in total. The molecule has 2 rings (SSSR count). The summed E-state index contributed by atoms with van der Waals surface area (Å²) in [6, 6.07) is 0. The van der Waals surface area contributed by atoms with E-state index in [2.05, 4.69) is 15.3 Å². The monoisotopic (exact) mass is 237 g/mol. The maximum Gasteiger partial charge on any atom is 0.221 e. The molecule has 17 heavy (non-hydrogen) atoms.